The molecule has 0 fully saturated rings. The van der Waals surface area contributed by atoms with E-state index in [-0.39, 0.29) is 0 Å². The van der Waals surface area contributed by atoms with Crippen molar-refractivity contribution in [3.8, 4) is 11.8 Å². The van der Waals surface area contributed by atoms with Gasteiger partial charge in [0.15, 0.2) is 4.34 Å². The van der Waals surface area contributed by atoms with Gasteiger partial charge in [0.1, 0.15) is 18.4 Å². The van der Waals surface area contributed by atoms with Gasteiger partial charge in [-0.3, -0.25) is 0 Å². The maximum Gasteiger partial charge on any atom is 0.156 e. The lowest BCUT2D eigenvalue weighted by molar-refractivity contribution is 0.302. The molecule has 0 aliphatic rings. The van der Waals surface area contributed by atoms with Crippen molar-refractivity contribution >= 4 is 71.3 Å². The number of thioether (sulfide) groups is 1. The Labute approximate surface area is 199 Å². The van der Waals surface area contributed by atoms with Crippen molar-refractivity contribution < 1.29 is 4.74 Å². The molecule has 0 aliphatic heterocycles. The van der Waals surface area contributed by atoms with Gasteiger partial charge in [-0.1, -0.05) is 42.5 Å². The molecule has 0 aliphatic carbocycles. The summed E-state index contributed by atoms with van der Waals surface area (Å²) in [4.78, 5) is 5.17. The van der Waals surface area contributed by atoms with Gasteiger partial charge in [0, 0.05) is 0 Å². The number of thiazole rings is 1. The number of hydrogen-bond donors (Lipinski definition) is 0. The van der Waals surface area contributed by atoms with Crippen LogP contribution in [0.15, 0.2) is 84.9 Å². The topological polar surface area (TPSA) is 45.9 Å². The first kappa shape index (κ1) is 21.1. The van der Waals surface area contributed by atoms with E-state index in [4.69, 9.17) is 4.74 Å². The largest absolute Gasteiger partial charge is 0.487 e. The third-order valence-corrected chi connectivity index (χ3v) is 7.33. The Balaban J connectivity index is 1.53. The third-order valence-electron chi connectivity index (χ3n) is 4.13. The molecule has 0 unspecified atom stereocenters. The average molecular weight is 558 g/mol. The van der Waals surface area contributed by atoms with Crippen molar-refractivity contribution in [2.75, 3.05) is 0 Å². The summed E-state index contributed by atoms with van der Waals surface area (Å²) < 4.78 is 9.58. The standard InChI is InChI=1S/C23H14Br2N2OS2/c24-18-11-16(12-19(25)22(18)28-14-15-6-2-1-3-7-15)10-17(13-26)29-23-27-20-8-4-5-9-21(20)30-23/h1-12H,14H2/b17-10+. The minimum absolute atomic E-state index is 0.476. The van der Waals surface area contributed by atoms with Gasteiger partial charge in [-0.25, -0.2) is 4.98 Å². The van der Waals surface area contributed by atoms with Crippen LogP contribution in [0.5, 0.6) is 5.75 Å². The number of para-hydroxylation sites is 1. The number of rotatable bonds is 6. The number of aromatic nitrogens is 1. The Hall–Kier alpha value is -2.11. The summed E-state index contributed by atoms with van der Waals surface area (Å²) in [6.45, 7) is 0.476. The van der Waals surface area contributed by atoms with Gasteiger partial charge in [-0.05, 0) is 85.1 Å². The number of allylic oxidation sites excluding steroid dienone is 1. The molecular weight excluding hydrogens is 544 g/mol. The summed E-state index contributed by atoms with van der Waals surface area (Å²) in [7, 11) is 0. The molecule has 0 radical (unpaired) electrons. The fraction of sp³-hybridized carbons (Fsp3) is 0.0435. The zero-order chi connectivity index (χ0) is 20.9. The molecule has 0 saturated heterocycles. The number of nitrogens with zero attached hydrogens (tertiary/aromatic N) is 2. The molecule has 1 aromatic heterocycles. The Morgan fingerprint density at radius 1 is 1.07 bits per heavy atom. The van der Waals surface area contributed by atoms with Crippen LogP contribution < -0.4 is 4.74 Å². The predicted molar refractivity (Wildman–Crippen MR) is 132 cm³/mol. The second-order valence-electron chi connectivity index (χ2n) is 6.26. The quantitative estimate of drug-likeness (QED) is 0.178. The molecule has 0 bridgehead atoms. The molecule has 0 spiro atoms. The normalized spacial score (nSPS) is 11.4. The molecule has 0 N–H and O–H groups in total. The van der Waals surface area contributed by atoms with Gasteiger partial charge in [0.2, 0.25) is 0 Å². The first-order valence-corrected chi connectivity index (χ1v) is 12.2. The van der Waals surface area contributed by atoms with E-state index in [1.54, 1.807) is 11.3 Å². The predicted octanol–water partition coefficient (Wildman–Crippen LogP) is 8.06. The van der Waals surface area contributed by atoms with E-state index in [0.29, 0.717) is 11.5 Å². The maximum atomic E-state index is 9.62. The van der Waals surface area contributed by atoms with Crippen molar-refractivity contribution in [2.45, 2.75) is 10.9 Å². The van der Waals surface area contributed by atoms with Crippen molar-refractivity contribution in [3.63, 3.8) is 0 Å². The molecule has 7 heteroatoms. The van der Waals surface area contributed by atoms with Crippen molar-refractivity contribution in [3.05, 3.63) is 91.7 Å². The van der Waals surface area contributed by atoms with Crippen LogP contribution in [0.2, 0.25) is 0 Å². The molecule has 30 heavy (non-hydrogen) atoms. The molecule has 4 rings (SSSR count). The van der Waals surface area contributed by atoms with Gasteiger partial charge in [0.05, 0.1) is 24.1 Å². The first-order valence-electron chi connectivity index (χ1n) is 8.93. The molecule has 0 amide bonds. The van der Waals surface area contributed by atoms with Crippen molar-refractivity contribution in [1.29, 1.82) is 5.26 Å². The van der Waals surface area contributed by atoms with Crippen LogP contribution in [0, 0.1) is 11.3 Å². The fourth-order valence-corrected chi connectivity index (χ4v) is 6.18. The lowest BCUT2D eigenvalue weighted by atomic mass is 10.2. The van der Waals surface area contributed by atoms with E-state index in [1.165, 1.54) is 11.8 Å². The van der Waals surface area contributed by atoms with E-state index in [0.717, 1.165) is 40.4 Å². The number of ether oxygens (including phenoxy) is 1. The van der Waals surface area contributed by atoms with Gasteiger partial charge in [-0.2, -0.15) is 5.26 Å². The van der Waals surface area contributed by atoms with Crippen LogP contribution in [-0.4, -0.2) is 4.98 Å². The summed E-state index contributed by atoms with van der Waals surface area (Å²) in [5.41, 5.74) is 2.94. The summed E-state index contributed by atoms with van der Waals surface area (Å²) in [6, 6.07) is 24.2. The minimum atomic E-state index is 0.476. The second kappa shape index (κ2) is 9.80. The van der Waals surface area contributed by atoms with Crippen LogP contribution in [0.1, 0.15) is 11.1 Å². The van der Waals surface area contributed by atoms with Gasteiger partial charge in [0.25, 0.3) is 0 Å². The SMILES string of the molecule is N#C/C(=C\c1cc(Br)c(OCc2ccccc2)c(Br)c1)Sc1nc2ccccc2s1. The lowest BCUT2D eigenvalue weighted by Gasteiger charge is -2.11. The summed E-state index contributed by atoms with van der Waals surface area (Å²) >= 11 is 10.1. The van der Waals surface area contributed by atoms with E-state index in [1.807, 2.05) is 72.8 Å². The van der Waals surface area contributed by atoms with Crippen LogP contribution >= 0.6 is 55.0 Å². The summed E-state index contributed by atoms with van der Waals surface area (Å²) in [6.07, 6.45) is 1.85. The fourth-order valence-electron chi connectivity index (χ4n) is 2.76. The zero-order valence-electron chi connectivity index (χ0n) is 15.5. The molecule has 148 valence electrons. The number of halogens is 2. The highest BCUT2D eigenvalue weighted by atomic mass is 79.9. The van der Waals surface area contributed by atoms with Gasteiger partial charge >= 0.3 is 0 Å². The minimum Gasteiger partial charge on any atom is -0.487 e. The Morgan fingerprint density at radius 3 is 2.47 bits per heavy atom. The first-order chi connectivity index (χ1) is 14.6. The lowest BCUT2D eigenvalue weighted by Crippen LogP contribution is -1.97. The molecule has 3 nitrogen and oxygen atoms in total. The molecule has 4 aromatic rings. The van der Waals surface area contributed by atoms with Crippen LogP contribution in [0.25, 0.3) is 16.3 Å². The highest BCUT2D eigenvalue weighted by Crippen LogP contribution is 2.38. The average Bonchev–Trinajstić information content (AvgIpc) is 3.16. The molecule has 1 heterocycles. The summed E-state index contributed by atoms with van der Waals surface area (Å²) in [5.74, 6) is 0.730. The van der Waals surface area contributed by atoms with Gasteiger partial charge in [-0.15, -0.1) is 11.3 Å². The van der Waals surface area contributed by atoms with Crippen LogP contribution in [-0.2, 0) is 6.61 Å². The number of fused-ring (bicyclic) bond motifs is 1. The molecule has 0 atom stereocenters. The second-order valence-corrected chi connectivity index (χ2v) is 10.3. The highest BCUT2D eigenvalue weighted by Gasteiger charge is 2.11. The van der Waals surface area contributed by atoms with E-state index in [2.05, 4.69) is 42.9 Å². The Kier molecular flexibility index (Phi) is 6.90. The maximum absolute atomic E-state index is 9.62. The smallest absolute Gasteiger partial charge is 0.156 e. The van der Waals surface area contributed by atoms with Crippen molar-refractivity contribution in [2.24, 2.45) is 0 Å². The Bertz CT molecular complexity index is 1210. The molecule has 3 aromatic carbocycles. The van der Waals surface area contributed by atoms with E-state index >= 15 is 0 Å². The number of hydrogen-bond acceptors (Lipinski definition) is 5. The monoisotopic (exact) mass is 556 g/mol. The molecular formula is C23H14Br2N2OS2. The molecule has 0 saturated carbocycles. The van der Waals surface area contributed by atoms with Crippen LogP contribution in [0.4, 0.5) is 0 Å². The van der Waals surface area contributed by atoms with E-state index < -0.39 is 0 Å². The van der Waals surface area contributed by atoms with Gasteiger partial charge < -0.3 is 4.74 Å². The summed E-state index contributed by atoms with van der Waals surface area (Å²) in [5, 5.41) is 9.62. The Morgan fingerprint density at radius 2 is 1.77 bits per heavy atom. The third kappa shape index (κ3) is 5.13. The van der Waals surface area contributed by atoms with E-state index in [9.17, 15) is 5.26 Å². The van der Waals surface area contributed by atoms with Crippen molar-refractivity contribution in [1.82, 2.24) is 4.98 Å². The van der Waals surface area contributed by atoms with Crippen LogP contribution in [0.3, 0.4) is 0 Å². The zero-order valence-corrected chi connectivity index (χ0v) is 20.3. The number of nitriles is 1. The number of benzene rings is 3. The highest BCUT2D eigenvalue weighted by molar-refractivity contribution is 9.11.